The zero-order chi connectivity index (χ0) is 21.8. The monoisotopic (exact) mass is 547 g/mol. The Kier molecular flexibility index (Phi) is 7.05. The molecule has 11 heteroatoms. The van der Waals surface area contributed by atoms with Crippen LogP contribution in [0, 0.1) is 15.2 Å². The molecule has 3 aromatic rings. The zero-order valence-corrected chi connectivity index (χ0v) is 18.6. The Morgan fingerprint density at radius 1 is 1.30 bits per heavy atom. The highest BCUT2D eigenvalue weighted by Gasteiger charge is 2.24. The molecule has 0 fully saturated rings. The third-order valence-corrected chi connectivity index (χ3v) is 5.86. The molecule has 158 valence electrons. The molecule has 0 aliphatic carbocycles. The average molecular weight is 547 g/mol. The topological polar surface area (TPSA) is 81.6 Å². The van der Waals surface area contributed by atoms with Crippen LogP contribution in [0.5, 0.6) is 0 Å². The van der Waals surface area contributed by atoms with Crippen molar-refractivity contribution in [1.29, 1.82) is 0 Å². The Bertz CT molecular complexity index is 1180. The molecule has 7 nitrogen and oxygen atoms in total. The number of thiophene rings is 1. The molecule has 2 aromatic heterocycles. The molecule has 0 spiro atoms. The highest BCUT2D eigenvalue weighted by molar-refractivity contribution is 14.1. The third kappa shape index (κ3) is 4.63. The summed E-state index contributed by atoms with van der Waals surface area (Å²) in [6.07, 6.45) is 1.23. The zero-order valence-electron chi connectivity index (χ0n) is 15.6. The van der Waals surface area contributed by atoms with E-state index in [1.54, 1.807) is 6.07 Å². The maximum absolute atomic E-state index is 14.5. The quantitative estimate of drug-likeness (QED) is 0.193. The number of nitrogens with one attached hydrogen (secondary N) is 2. The van der Waals surface area contributed by atoms with Gasteiger partial charge in [-0.05, 0) is 40.8 Å². The summed E-state index contributed by atoms with van der Waals surface area (Å²) in [7, 11) is 1.44. The van der Waals surface area contributed by atoms with E-state index in [2.05, 4.69) is 17.4 Å². The predicted molar refractivity (Wildman–Crippen MR) is 119 cm³/mol. The molecule has 30 heavy (non-hydrogen) atoms. The number of aromatic nitrogens is 1. The number of hydrogen-bond donors (Lipinski definition) is 2. The molecule has 0 unspecified atom stereocenters. The fraction of sp³-hybridized carbons (Fsp3) is 0.158. The summed E-state index contributed by atoms with van der Waals surface area (Å²) < 4.78 is 35.7. The van der Waals surface area contributed by atoms with E-state index in [0.29, 0.717) is 3.57 Å². The molecule has 0 bridgehead atoms. The number of hydrogen-bond acceptors (Lipinski definition) is 6. The van der Waals surface area contributed by atoms with Gasteiger partial charge in [-0.3, -0.25) is 14.4 Å². The summed E-state index contributed by atoms with van der Waals surface area (Å²) in [5.41, 5.74) is 1.94. The number of carbonyl (C=O) groups is 1. The lowest BCUT2D eigenvalue weighted by atomic mass is 10.2. The number of ether oxygens (including phenoxy) is 1. The van der Waals surface area contributed by atoms with E-state index in [0.717, 1.165) is 17.4 Å². The summed E-state index contributed by atoms with van der Waals surface area (Å²) in [4.78, 5) is 29.8. The van der Waals surface area contributed by atoms with Crippen LogP contribution in [0.4, 0.5) is 20.2 Å². The number of fused-ring (bicyclic) bond motifs is 1. The smallest absolute Gasteiger partial charge is 0.287 e. The van der Waals surface area contributed by atoms with Gasteiger partial charge < -0.3 is 14.6 Å². The Balaban J connectivity index is 2.05. The number of pyridine rings is 1. The second-order valence-corrected chi connectivity index (χ2v) is 8.21. The number of nitrogens with zero attached hydrogens (tertiary/aromatic N) is 1. The van der Waals surface area contributed by atoms with Crippen LogP contribution in [0.15, 0.2) is 41.9 Å². The normalized spacial score (nSPS) is 10.8. The van der Waals surface area contributed by atoms with Crippen LogP contribution in [0.3, 0.4) is 0 Å². The number of benzene rings is 1. The Hall–Kier alpha value is -2.51. The molecule has 3 rings (SSSR count). The van der Waals surface area contributed by atoms with Gasteiger partial charge in [0, 0.05) is 16.7 Å². The number of anilines is 2. The van der Waals surface area contributed by atoms with Crippen molar-refractivity contribution in [3.8, 4) is 0 Å². The van der Waals surface area contributed by atoms with Crippen molar-refractivity contribution in [2.24, 2.45) is 7.05 Å². The highest BCUT2D eigenvalue weighted by Crippen LogP contribution is 2.38. The lowest BCUT2D eigenvalue weighted by Crippen LogP contribution is -2.25. The standard InChI is InChI=1S/C19H16F2IN3O4S/c1-3-28-6-7-29-24-19(27)18-15(23-13-5-4-10(22)8-11(13)20)16-17(30-18)12(21)9-14(26)25(16)2/h3-5,8-9,23H,1,6-7H2,2H3,(H,24,27). The number of rotatable bonds is 8. The van der Waals surface area contributed by atoms with E-state index in [4.69, 9.17) is 9.57 Å². The second-order valence-electron chi connectivity index (χ2n) is 5.94. The number of halogens is 3. The van der Waals surface area contributed by atoms with Crippen molar-refractivity contribution >= 4 is 61.4 Å². The van der Waals surface area contributed by atoms with Crippen molar-refractivity contribution in [2.75, 3.05) is 18.5 Å². The van der Waals surface area contributed by atoms with E-state index < -0.39 is 23.1 Å². The molecule has 0 aliphatic rings. The van der Waals surface area contributed by atoms with Crippen molar-refractivity contribution in [3.63, 3.8) is 0 Å². The van der Waals surface area contributed by atoms with E-state index >= 15 is 0 Å². The van der Waals surface area contributed by atoms with Gasteiger partial charge in [0.25, 0.3) is 11.5 Å². The molecule has 2 heterocycles. The number of aryl methyl sites for hydroxylation is 1. The average Bonchev–Trinajstić information content (AvgIpc) is 3.08. The van der Waals surface area contributed by atoms with Crippen LogP contribution in [-0.2, 0) is 16.6 Å². The second kappa shape index (κ2) is 9.53. The minimum atomic E-state index is -0.774. The first-order chi connectivity index (χ1) is 14.3. The molecule has 2 N–H and O–H groups in total. The SMILES string of the molecule is C=COCCONC(=O)c1sc2c(F)cc(=O)n(C)c2c1Nc1ccc(I)cc1F. The minimum Gasteiger partial charge on any atom is -0.499 e. The first-order valence-electron chi connectivity index (χ1n) is 8.52. The first kappa shape index (κ1) is 22.2. The van der Waals surface area contributed by atoms with Gasteiger partial charge in [0.1, 0.15) is 29.7 Å². The molecule has 0 atom stereocenters. The van der Waals surface area contributed by atoms with Gasteiger partial charge in [0.15, 0.2) is 0 Å². The van der Waals surface area contributed by atoms with Gasteiger partial charge in [0.05, 0.1) is 27.9 Å². The van der Waals surface area contributed by atoms with Gasteiger partial charge in [-0.25, -0.2) is 14.3 Å². The first-order valence-corrected chi connectivity index (χ1v) is 10.4. The van der Waals surface area contributed by atoms with Gasteiger partial charge in [0.2, 0.25) is 0 Å². The predicted octanol–water partition coefficient (Wildman–Crippen LogP) is 4.05. The molecule has 0 radical (unpaired) electrons. The lowest BCUT2D eigenvalue weighted by Gasteiger charge is -2.12. The van der Waals surface area contributed by atoms with Crippen molar-refractivity contribution in [3.05, 3.63) is 67.5 Å². The Labute approximate surface area is 187 Å². The summed E-state index contributed by atoms with van der Waals surface area (Å²) in [6, 6.07) is 5.30. The molecule has 1 aromatic carbocycles. The van der Waals surface area contributed by atoms with Crippen LogP contribution in [-0.4, -0.2) is 23.7 Å². The van der Waals surface area contributed by atoms with Crippen molar-refractivity contribution < 1.29 is 23.1 Å². The van der Waals surface area contributed by atoms with Crippen LogP contribution in [0.2, 0.25) is 0 Å². The Morgan fingerprint density at radius 3 is 2.77 bits per heavy atom. The van der Waals surface area contributed by atoms with Crippen LogP contribution in [0.25, 0.3) is 10.2 Å². The van der Waals surface area contributed by atoms with E-state index in [1.165, 1.54) is 30.0 Å². The minimum absolute atomic E-state index is 0.0210. The van der Waals surface area contributed by atoms with E-state index in [9.17, 15) is 18.4 Å². The van der Waals surface area contributed by atoms with Crippen molar-refractivity contribution in [2.45, 2.75) is 0 Å². The fourth-order valence-electron chi connectivity index (χ4n) is 2.62. The van der Waals surface area contributed by atoms with Gasteiger partial charge in [-0.1, -0.05) is 6.58 Å². The number of amides is 1. The maximum atomic E-state index is 14.5. The largest absolute Gasteiger partial charge is 0.499 e. The molecule has 0 saturated carbocycles. The third-order valence-electron chi connectivity index (χ3n) is 4.00. The van der Waals surface area contributed by atoms with Gasteiger partial charge in [-0.15, -0.1) is 11.3 Å². The van der Waals surface area contributed by atoms with Crippen LogP contribution in [0.1, 0.15) is 9.67 Å². The van der Waals surface area contributed by atoms with Crippen LogP contribution >= 0.6 is 33.9 Å². The summed E-state index contributed by atoms with van der Waals surface area (Å²) in [5, 5.41) is 2.83. The summed E-state index contributed by atoms with van der Waals surface area (Å²) in [6.45, 7) is 3.60. The van der Waals surface area contributed by atoms with E-state index in [1.807, 2.05) is 22.6 Å². The molecule has 0 saturated heterocycles. The highest BCUT2D eigenvalue weighted by atomic mass is 127. The molecular formula is C19H16F2IN3O4S. The van der Waals surface area contributed by atoms with Gasteiger partial charge >= 0.3 is 0 Å². The molecule has 0 aliphatic heterocycles. The van der Waals surface area contributed by atoms with Gasteiger partial charge in [-0.2, -0.15) is 0 Å². The number of hydroxylamine groups is 1. The van der Waals surface area contributed by atoms with Crippen LogP contribution < -0.4 is 16.4 Å². The fourth-order valence-corrected chi connectivity index (χ4v) is 4.16. The molecular weight excluding hydrogens is 531 g/mol. The maximum Gasteiger partial charge on any atom is 0.287 e. The van der Waals surface area contributed by atoms with E-state index in [-0.39, 0.29) is 39.7 Å². The lowest BCUT2D eigenvalue weighted by molar-refractivity contribution is 0.0148. The number of carbonyl (C=O) groups excluding carboxylic acids is 1. The summed E-state index contributed by atoms with van der Waals surface area (Å²) in [5.74, 6) is -2.02. The Morgan fingerprint density at radius 2 is 2.07 bits per heavy atom. The molecule has 1 amide bonds. The van der Waals surface area contributed by atoms with Crippen molar-refractivity contribution in [1.82, 2.24) is 10.0 Å². The summed E-state index contributed by atoms with van der Waals surface area (Å²) >= 11 is 2.78.